The average Bonchev–Trinajstić information content (AvgIpc) is 2.34. The van der Waals surface area contributed by atoms with Crippen LogP contribution in [-0.2, 0) is 0 Å². The normalized spacial score (nSPS) is 19.2. The molecule has 2 nitrogen and oxygen atoms in total. The lowest BCUT2D eigenvalue weighted by atomic mass is 10.1. The van der Waals surface area contributed by atoms with Gasteiger partial charge in [-0.1, -0.05) is 29.3 Å². The van der Waals surface area contributed by atoms with Crippen LogP contribution in [0.25, 0.3) is 0 Å². The van der Waals surface area contributed by atoms with Gasteiger partial charge in [0, 0.05) is 47.2 Å². The Morgan fingerprint density at radius 3 is 2.59 bits per heavy atom. The summed E-state index contributed by atoms with van der Waals surface area (Å²) in [5.41, 5.74) is 6.99. The van der Waals surface area contributed by atoms with Crippen molar-refractivity contribution in [1.29, 1.82) is 0 Å². The molecule has 1 aliphatic heterocycles. The maximum atomic E-state index is 6.25. The van der Waals surface area contributed by atoms with Gasteiger partial charge >= 0.3 is 0 Å². The first-order chi connectivity index (χ1) is 8.22. The van der Waals surface area contributed by atoms with Crippen LogP contribution in [0.2, 0.25) is 10.0 Å². The molecule has 17 heavy (non-hydrogen) atoms. The van der Waals surface area contributed by atoms with Crippen molar-refractivity contribution in [3.05, 3.63) is 33.8 Å². The molecule has 1 atom stereocenters. The summed E-state index contributed by atoms with van der Waals surface area (Å²) < 4.78 is 0. The first-order valence-corrected chi connectivity index (χ1v) is 7.60. The van der Waals surface area contributed by atoms with Gasteiger partial charge in [-0.2, -0.15) is 11.8 Å². The molecule has 94 valence electrons. The number of hydrogen-bond acceptors (Lipinski definition) is 3. The van der Waals surface area contributed by atoms with E-state index in [2.05, 4.69) is 4.90 Å². The first kappa shape index (κ1) is 13.5. The molecule has 1 aromatic carbocycles. The highest BCUT2D eigenvalue weighted by molar-refractivity contribution is 7.99. The van der Waals surface area contributed by atoms with E-state index in [1.54, 1.807) is 6.07 Å². The summed E-state index contributed by atoms with van der Waals surface area (Å²) in [5.74, 6) is 2.34. The van der Waals surface area contributed by atoms with Crippen LogP contribution in [0, 0.1) is 0 Å². The molecular formula is C12H16Cl2N2S. The molecule has 2 rings (SSSR count). The van der Waals surface area contributed by atoms with Crippen LogP contribution in [0.4, 0.5) is 0 Å². The number of halogens is 2. The predicted octanol–water partition coefficient (Wildman–Crippen LogP) is 3.04. The summed E-state index contributed by atoms with van der Waals surface area (Å²) in [6.07, 6.45) is 0. The van der Waals surface area contributed by atoms with Crippen molar-refractivity contribution >= 4 is 35.0 Å². The third-order valence-corrected chi connectivity index (χ3v) is 4.54. The zero-order valence-corrected chi connectivity index (χ0v) is 11.9. The Bertz CT molecular complexity index is 381. The molecule has 1 aromatic rings. The molecule has 0 bridgehead atoms. The van der Waals surface area contributed by atoms with Crippen molar-refractivity contribution in [1.82, 2.24) is 4.90 Å². The van der Waals surface area contributed by atoms with E-state index in [1.807, 2.05) is 23.9 Å². The average molecular weight is 291 g/mol. The fraction of sp³-hybridized carbons (Fsp3) is 0.500. The third-order valence-electron chi connectivity index (χ3n) is 3.03. The van der Waals surface area contributed by atoms with E-state index < -0.39 is 0 Å². The van der Waals surface area contributed by atoms with Crippen LogP contribution < -0.4 is 5.73 Å². The standard InChI is InChI=1S/C12H16Cl2N2S/c13-9-1-2-10(11(14)7-9)12(8-15)16-3-5-17-6-4-16/h1-2,7,12H,3-6,8,15H2. The van der Waals surface area contributed by atoms with Gasteiger partial charge in [0.15, 0.2) is 0 Å². The number of thioether (sulfide) groups is 1. The van der Waals surface area contributed by atoms with Crippen LogP contribution in [0.15, 0.2) is 18.2 Å². The van der Waals surface area contributed by atoms with Crippen molar-refractivity contribution in [2.45, 2.75) is 6.04 Å². The van der Waals surface area contributed by atoms with Gasteiger partial charge in [0.25, 0.3) is 0 Å². The number of rotatable bonds is 3. The number of benzene rings is 1. The molecule has 1 heterocycles. The summed E-state index contributed by atoms with van der Waals surface area (Å²) in [6, 6.07) is 5.87. The number of nitrogens with zero attached hydrogens (tertiary/aromatic N) is 1. The fourth-order valence-corrected chi connectivity index (χ4v) is 3.60. The zero-order valence-electron chi connectivity index (χ0n) is 9.53. The third kappa shape index (κ3) is 3.30. The van der Waals surface area contributed by atoms with Crippen LogP contribution >= 0.6 is 35.0 Å². The van der Waals surface area contributed by atoms with Crippen LogP contribution in [0.1, 0.15) is 11.6 Å². The second-order valence-electron chi connectivity index (χ2n) is 4.07. The summed E-state index contributed by atoms with van der Waals surface area (Å²) in [5, 5.41) is 1.38. The van der Waals surface area contributed by atoms with Crippen molar-refractivity contribution < 1.29 is 0 Å². The van der Waals surface area contributed by atoms with E-state index in [-0.39, 0.29) is 6.04 Å². The minimum atomic E-state index is 0.209. The largest absolute Gasteiger partial charge is 0.329 e. The van der Waals surface area contributed by atoms with E-state index >= 15 is 0 Å². The van der Waals surface area contributed by atoms with E-state index in [9.17, 15) is 0 Å². The Morgan fingerprint density at radius 2 is 2.00 bits per heavy atom. The predicted molar refractivity (Wildman–Crippen MR) is 77.2 cm³/mol. The number of nitrogens with two attached hydrogens (primary N) is 1. The maximum absolute atomic E-state index is 6.25. The second kappa shape index (κ2) is 6.30. The minimum Gasteiger partial charge on any atom is -0.329 e. The van der Waals surface area contributed by atoms with Crippen molar-refractivity contribution in [2.75, 3.05) is 31.1 Å². The molecule has 0 amide bonds. The summed E-state index contributed by atoms with van der Waals surface area (Å²) in [4.78, 5) is 2.41. The molecule has 2 N–H and O–H groups in total. The Labute approximate surface area is 116 Å². The minimum absolute atomic E-state index is 0.209. The van der Waals surface area contributed by atoms with Gasteiger partial charge in [0.05, 0.1) is 0 Å². The first-order valence-electron chi connectivity index (χ1n) is 5.69. The van der Waals surface area contributed by atoms with Crippen molar-refractivity contribution in [2.24, 2.45) is 5.73 Å². The van der Waals surface area contributed by atoms with E-state index in [0.29, 0.717) is 16.6 Å². The van der Waals surface area contributed by atoms with Crippen LogP contribution in [0.5, 0.6) is 0 Å². The summed E-state index contributed by atoms with van der Waals surface area (Å²) >= 11 is 14.2. The van der Waals surface area contributed by atoms with E-state index in [0.717, 1.165) is 18.7 Å². The molecule has 5 heteroatoms. The lowest BCUT2D eigenvalue weighted by Crippen LogP contribution is -2.39. The molecule has 0 spiro atoms. The Hall–Kier alpha value is 0.0700. The molecule has 1 aliphatic rings. The van der Waals surface area contributed by atoms with Crippen LogP contribution in [-0.4, -0.2) is 36.0 Å². The summed E-state index contributed by atoms with van der Waals surface area (Å²) in [6.45, 7) is 2.74. The maximum Gasteiger partial charge on any atom is 0.0485 e. The van der Waals surface area contributed by atoms with Gasteiger partial charge in [-0.05, 0) is 17.7 Å². The van der Waals surface area contributed by atoms with Crippen molar-refractivity contribution in [3.63, 3.8) is 0 Å². The van der Waals surface area contributed by atoms with Gasteiger partial charge in [0.2, 0.25) is 0 Å². The molecule has 1 saturated heterocycles. The highest BCUT2D eigenvalue weighted by Gasteiger charge is 2.22. The second-order valence-corrected chi connectivity index (χ2v) is 6.13. The van der Waals surface area contributed by atoms with Crippen molar-refractivity contribution in [3.8, 4) is 0 Å². The highest BCUT2D eigenvalue weighted by atomic mass is 35.5. The fourth-order valence-electron chi connectivity index (χ4n) is 2.13. The van der Waals surface area contributed by atoms with Crippen LogP contribution in [0.3, 0.4) is 0 Å². The molecular weight excluding hydrogens is 275 g/mol. The Kier molecular flexibility index (Phi) is 5.00. The number of hydrogen-bond donors (Lipinski definition) is 1. The quantitative estimate of drug-likeness (QED) is 0.928. The molecule has 0 aromatic heterocycles. The van der Waals surface area contributed by atoms with E-state index in [1.165, 1.54) is 11.5 Å². The topological polar surface area (TPSA) is 29.3 Å². The van der Waals surface area contributed by atoms with E-state index in [4.69, 9.17) is 28.9 Å². The van der Waals surface area contributed by atoms with Gasteiger partial charge in [-0.25, -0.2) is 0 Å². The molecule has 0 radical (unpaired) electrons. The highest BCUT2D eigenvalue weighted by Crippen LogP contribution is 2.30. The molecule has 1 fully saturated rings. The lowest BCUT2D eigenvalue weighted by Gasteiger charge is -2.34. The molecule has 0 aliphatic carbocycles. The van der Waals surface area contributed by atoms with Gasteiger partial charge in [0.1, 0.15) is 0 Å². The Morgan fingerprint density at radius 1 is 1.29 bits per heavy atom. The Balaban J connectivity index is 2.21. The van der Waals surface area contributed by atoms with Gasteiger partial charge in [-0.3, -0.25) is 4.90 Å². The SMILES string of the molecule is NCC(c1ccc(Cl)cc1Cl)N1CCSCC1. The van der Waals surface area contributed by atoms with Gasteiger partial charge in [-0.15, -0.1) is 0 Å². The smallest absolute Gasteiger partial charge is 0.0485 e. The molecule has 0 saturated carbocycles. The monoisotopic (exact) mass is 290 g/mol. The zero-order chi connectivity index (χ0) is 12.3. The lowest BCUT2D eigenvalue weighted by molar-refractivity contribution is 0.223. The molecule has 1 unspecified atom stereocenters. The summed E-state index contributed by atoms with van der Waals surface area (Å²) in [7, 11) is 0. The van der Waals surface area contributed by atoms with Gasteiger partial charge < -0.3 is 5.73 Å².